The predicted octanol–water partition coefficient (Wildman–Crippen LogP) is 1.51. The van der Waals surface area contributed by atoms with Crippen molar-refractivity contribution in [1.29, 1.82) is 0 Å². The highest BCUT2D eigenvalue weighted by molar-refractivity contribution is 5.89. The SMILES string of the molecule is Cc1cc(C[C@@H](C)NC(=O)Nc2cn(C)nc2C)n[nH]1. The maximum absolute atomic E-state index is 11.9. The van der Waals surface area contributed by atoms with E-state index < -0.39 is 0 Å². The molecule has 0 unspecified atom stereocenters. The molecule has 2 amide bonds. The monoisotopic (exact) mass is 276 g/mol. The molecule has 0 radical (unpaired) electrons. The lowest BCUT2D eigenvalue weighted by molar-refractivity contribution is 0.249. The van der Waals surface area contributed by atoms with Gasteiger partial charge in [0, 0.05) is 31.4 Å². The number of carbonyl (C=O) groups is 1. The summed E-state index contributed by atoms with van der Waals surface area (Å²) in [6, 6.07) is 1.73. The third-order valence-corrected chi connectivity index (χ3v) is 2.91. The van der Waals surface area contributed by atoms with E-state index in [9.17, 15) is 4.79 Å². The Kier molecular flexibility index (Phi) is 4.07. The van der Waals surface area contributed by atoms with Gasteiger partial charge in [-0.15, -0.1) is 0 Å². The molecule has 2 aromatic rings. The number of nitrogens with zero attached hydrogens (tertiary/aromatic N) is 3. The van der Waals surface area contributed by atoms with Crippen LogP contribution in [-0.4, -0.2) is 32.1 Å². The van der Waals surface area contributed by atoms with E-state index in [-0.39, 0.29) is 12.1 Å². The van der Waals surface area contributed by atoms with Gasteiger partial charge < -0.3 is 10.6 Å². The normalized spacial score (nSPS) is 12.2. The van der Waals surface area contributed by atoms with Crippen LogP contribution in [0.25, 0.3) is 0 Å². The average molecular weight is 276 g/mol. The lowest BCUT2D eigenvalue weighted by Gasteiger charge is -2.13. The molecule has 1 atom stereocenters. The number of anilines is 1. The molecular weight excluding hydrogens is 256 g/mol. The van der Waals surface area contributed by atoms with Crippen molar-refractivity contribution in [1.82, 2.24) is 25.3 Å². The maximum Gasteiger partial charge on any atom is 0.319 e. The van der Waals surface area contributed by atoms with Crippen molar-refractivity contribution in [2.45, 2.75) is 33.2 Å². The minimum Gasteiger partial charge on any atom is -0.335 e. The molecule has 20 heavy (non-hydrogen) atoms. The van der Waals surface area contributed by atoms with Crippen LogP contribution in [0.15, 0.2) is 12.3 Å². The molecule has 2 rings (SSSR count). The fraction of sp³-hybridized carbons (Fsp3) is 0.462. The zero-order chi connectivity index (χ0) is 14.7. The molecule has 7 nitrogen and oxygen atoms in total. The summed E-state index contributed by atoms with van der Waals surface area (Å²) >= 11 is 0. The molecular formula is C13H20N6O. The highest BCUT2D eigenvalue weighted by atomic mass is 16.2. The summed E-state index contributed by atoms with van der Waals surface area (Å²) in [6.45, 7) is 5.75. The van der Waals surface area contributed by atoms with E-state index in [1.165, 1.54) is 0 Å². The van der Waals surface area contributed by atoms with Crippen molar-refractivity contribution in [3.8, 4) is 0 Å². The third-order valence-electron chi connectivity index (χ3n) is 2.91. The van der Waals surface area contributed by atoms with Crippen molar-refractivity contribution >= 4 is 11.7 Å². The molecule has 0 aliphatic rings. The summed E-state index contributed by atoms with van der Waals surface area (Å²) < 4.78 is 1.67. The van der Waals surface area contributed by atoms with Gasteiger partial charge in [-0.2, -0.15) is 10.2 Å². The summed E-state index contributed by atoms with van der Waals surface area (Å²) in [4.78, 5) is 11.9. The van der Waals surface area contributed by atoms with Crippen LogP contribution in [0.4, 0.5) is 10.5 Å². The van der Waals surface area contributed by atoms with E-state index in [0.29, 0.717) is 12.1 Å². The van der Waals surface area contributed by atoms with E-state index in [1.54, 1.807) is 10.9 Å². The van der Waals surface area contributed by atoms with Crippen molar-refractivity contribution < 1.29 is 4.79 Å². The number of nitrogens with one attached hydrogen (secondary N) is 3. The van der Waals surface area contributed by atoms with Crippen LogP contribution in [0.5, 0.6) is 0 Å². The summed E-state index contributed by atoms with van der Waals surface area (Å²) in [5.74, 6) is 0. The Balaban J connectivity index is 1.86. The van der Waals surface area contributed by atoms with Gasteiger partial charge in [0.2, 0.25) is 0 Å². The number of hydrogen-bond acceptors (Lipinski definition) is 3. The number of amides is 2. The van der Waals surface area contributed by atoms with Crippen LogP contribution in [0.1, 0.15) is 24.0 Å². The van der Waals surface area contributed by atoms with E-state index in [2.05, 4.69) is 25.9 Å². The minimum atomic E-state index is -0.235. The number of aromatic nitrogens is 4. The number of hydrogen-bond donors (Lipinski definition) is 3. The zero-order valence-corrected chi connectivity index (χ0v) is 12.2. The van der Waals surface area contributed by atoms with Crippen LogP contribution >= 0.6 is 0 Å². The molecule has 7 heteroatoms. The molecule has 3 N–H and O–H groups in total. The Morgan fingerprint density at radius 3 is 2.80 bits per heavy atom. The van der Waals surface area contributed by atoms with Gasteiger partial charge in [0.15, 0.2) is 0 Å². The molecule has 0 saturated carbocycles. The van der Waals surface area contributed by atoms with Crippen molar-refractivity contribution in [3.63, 3.8) is 0 Å². The summed E-state index contributed by atoms with van der Waals surface area (Å²) in [5, 5.41) is 16.9. The Morgan fingerprint density at radius 1 is 1.50 bits per heavy atom. The zero-order valence-electron chi connectivity index (χ0n) is 12.2. The Morgan fingerprint density at radius 2 is 2.25 bits per heavy atom. The number of aryl methyl sites for hydroxylation is 3. The molecule has 0 aliphatic carbocycles. The Hall–Kier alpha value is -2.31. The molecule has 0 spiro atoms. The molecule has 0 aromatic carbocycles. The van der Waals surface area contributed by atoms with Crippen molar-refractivity contribution in [2.75, 3.05) is 5.32 Å². The van der Waals surface area contributed by atoms with Crippen LogP contribution < -0.4 is 10.6 Å². The first-order valence-corrected chi connectivity index (χ1v) is 6.52. The van der Waals surface area contributed by atoms with Crippen molar-refractivity contribution in [3.05, 3.63) is 29.3 Å². The molecule has 0 aliphatic heterocycles. The second-order valence-corrected chi connectivity index (χ2v) is 5.05. The quantitative estimate of drug-likeness (QED) is 0.791. The smallest absolute Gasteiger partial charge is 0.319 e. The largest absolute Gasteiger partial charge is 0.335 e. The first-order chi connectivity index (χ1) is 9.44. The topological polar surface area (TPSA) is 87.6 Å². The highest BCUT2D eigenvalue weighted by Crippen LogP contribution is 2.11. The van der Waals surface area contributed by atoms with Crippen molar-refractivity contribution in [2.24, 2.45) is 7.05 Å². The number of urea groups is 1. The standard InChI is InChI=1S/C13H20N6O/c1-8(5-11-6-9(2)16-17-11)14-13(20)15-12-7-19(4)18-10(12)3/h6-8H,5H2,1-4H3,(H,16,17)(H2,14,15,20)/t8-/m1/s1. The van der Waals surface area contributed by atoms with Crippen LogP contribution in [-0.2, 0) is 13.5 Å². The molecule has 0 bridgehead atoms. The van der Waals surface area contributed by atoms with Crippen LogP contribution in [0.2, 0.25) is 0 Å². The Bertz CT molecular complexity index is 600. The third kappa shape index (κ3) is 3.59. The van der Waals surface area contributed by atoms with Gasteiger partial charge in [-0.1, -0.05) is 0 Å². The van der Waals surface area contributed by atoms with Gasteiger partial charge in [0.25, 0.3) is 0 Å². The molecule has 0 fully saturated rings. The Labute approximate surface area is 117 Å². The summed E-state index contributed by atoms with van der Waals surface area (Å²) in [6.07, 6.45) is 2.46. The lowest BCUT2D eigenvalue weighted by atomic mass is 10.2. The summed E-state index contributed by atoms with van der Waals surface area (Å²) in [5.41, 5.74) is 3.46. The minimum absolute atomic E-state index is 0.00493. The first kappa shape index (κ1) is 14.1. The van der Waals surface area contributed by atoms with Crippen LogP contribution in [0, 0.1) is 13.8 Å². The highest BCUT2D eigenvalue weighted by Gasteiger charge is 2.12. The fourth-order valence-electron chi connectivity index (χ4n) is 2.05. The number of rotatable bonds is 4. The molecule has 2 heterocycles. The second-order valence-electron chi connectivity index (χ2n) is 5.05. The van der Waals surface area contributed by atoms with Gasteiger partial charge in [-0.25, -0.2) is 4.79 Å². The number of carbonyl (C=O) groups excluding carboxylic acids is 1. The maximum atomic E-state index is 11.9. The van der Waals surface area contributed by atoms with Gasteiger partial charge in [0.1, 0.15) is 0 Å². The average Bonchev–Trinajstić information content (AvgIpc) is 2.85. The predicted molar refractivity (Wildman–Crippen MR) is 76.6 cm³/mol. The molecule has 108 valence electrons. The van der Waals surface area contributed by atoms with Gasteiger partial charge in [-0.05, 0) is 26.8 Å². The van der Waals surface area contributed by atoms with Gasteiger partial charge in [0.05, 0.1) is 17.1 Å². The lowest BCUT2D eigenvalue weighted by Crippen LogP contribution is -2.37. The van der Waals surface area contributed by atoms with E-state index in [1.807, 2.05) is 33.9 Å². The number of aromatic amines is 1. The molecule has 2 aromatic heterocycles. The first-order valence-electron chi connectivity index (χ1n) is 6.52. The number of H-pyrrole nitrogens is 1. The van der Waals surface area contributed by atoms with E-state index in [4.69, 9.17) is 0 Å². The van der Waals surface area contributed by atoms with E-state index in [0.717, 1.165) is 17.1 Å². The van der Waals surface area contributed by atoms with Crippen LogP contribution in [0.3, 0.4) is 0 Å². The molecule has 0 saturated heterocycles. The van der Waals surface area contributed by atoms with Gasteiger partial charge >= 0.3 is 6.03 Å². The second kappa shape index (κ2) is 5.77. The van der Waals surface area contributed by atoms with E-state index >= 15 is 0 Å². The fourth-order valence-corrected chi connectivity index (χ4v) is 2.05. The summed E-state index contributed by atoms with van der Waals surface area (Å²) in [7, 11) is 1.82. The van der Waals surface area contributed by atoms with Gasteiger partial charge in [-0.3, -0.25) is 9.78 Å².